The van der Waals surface area contributed by atoms with E-state index >= 15 is 0 Å². The highest BCUT2D eigenvalue weighted by molar-refractivity contribution is 8.65. The van der Waals surface area contributed by atoms with Gasteiger partial charge in [-0.15, -0.1) is 20.6 Å². The number of hydrogen-bond donors (Lipinski definition) is 0. The van der Waals surface area contributed by atoms with Crippen molar-refractivity contribution in [2.24, 2.45) is 0 Å². The quantitative estimate of drug-likeness (QED) is 0.735. The van der Waals surface area contributed by atoms with Crippen LogP contribution in [0, 0.1) is 6.92 Å². The molecule has 2 aromatic rings. The van der Waals surface area contributed by atoms with E-state index in [1.807, 2.05) is 0 Å². The zero-order valence-electron chi connectivity index (χ0n) is 8.91. The van der Waals surface area contributed by atoms with Crippen LogP contribution >= 0.6 is 19.7 Å². The SMILES string of the molecule is Cc1ccc(-c2nnc(S(F)(F)(F)(F)Cl)o2)cc1. The Bertz CT molecular complexity index is 593. The van der Waals surface area contributed by atoms with Gasteiger partial charge in [0, 0.05) is 16.2 Å². The molecule has 0 amide bonds. The number of benzene rings is 1. The number of halogens is 5. The van der Waals surface area contributed by atoms with Crippen LogP contribution < -0.4 is 0 Å². The Morgan fingerprint density at radius 3 is 2.06 bits per heavy atom. The van der Waals surface area contributed by atoms with E-state index in [1.165, 1.54) is 12.1 Å². The van der Waals surface area contributed by atoms with E-state index < -0.39 is 20.2 Å². The molecule has 0 unspecified atom stereocenters. The molecule has 0 aliphatic carbocycles. The van der Waals surface area contributed by atoms with E-state index in [0.717, 1.165) is 5.56 Å². The molecule has 0 atom stereocenters. The maximum atomic E-state index is 12.8. The average Bonchev–Trinajstić information content (AvgIpc) is 2.65. The van der Waals surface area contributed by atoms with Gasteiger partial charge in [0.15, 0.2) is 0 Å². The van der Waals surface area contributed by atoms with Gasteiger partial charge in [0.2, 0.25) is 5.89 Å². The van der Waals surface area contributed by atoms with Crippen LogP contribution in [0.3, 0.4) is 0 Å². The lowest BCUT2D eigenvalue weighted by atomic mass is 10.1. The Morgan fingerprint density at radius 1 is 1.06 bits per heavy atom. The summed E-state index contributed by atoms with van der Waals surface area (Å²) in [4.78, 5) is 0. The second kappa shape index (κ2) is 3.18. The van der Waals surface area contributed by atoms with Gasteiger partial charge < -0.3 is 4.42 Å². The van der Waals surface area contributed by atoms with Gasteiger partial charge in [0.05, 0.1) is 0 Å². The standard InChI is InChI=1S/C9H7ClF4N2OS/c1-6-2-4-7(5-3-6)8-15-16-9(17-8)18(10,11,12,13)14/h2-5H,1H3. The average molecular weight is 303 g/mol. The Labute approximate surface area is 104 Å². The third-order valence-corrected chi connectivity index (χ3v) is 3.26. The topological polar surface area (TPSA) is 38.9 Å². The van der Waals surface area contributed by atoms with Crippen molar-refractivity contribution in [3.63, 3.8) is 0 Å². The minimum absolute atomic E-state index is 0.248. The van der Waals surface area contributed by atoms with E-state index in [4.69, 9.17) is 0 Å². The minimum Gasteiger partial charge on any atom is -0.406 e. The van der Waals surface area contributed by atoms with Crippen molar-refractivity contribution in [1.82, 2.24) is 10.2 Å². The van der Waals surface area contributed by atoms with Gasteiger partial charge in [-0.3, -0.25) is 0 Å². The van der Waals surface area contributed by atoms with Crippen LogP contribution in [0.2, 0.25) is 0 Å². The minimum atomic E-state index is -8.93. The molecule has 0 N–H and O–H groups in total. The van der Waals surface area contributed by atoms with Gasteiger partial charge in [-0.05, 0) is 19.1 Å². The van der Waals surface area contributed by atoms with Crippen molar-refractivity contribution in [2.45, 2.75) is 12.1 Å². The lowest BCUT2D eigenvalue weighted by Crippen LogP contribution is -2.04. The van der Waals surface area contributed by atoms with Gasteiger partial charge in [-0.25, -0.2) is 0 Å². The Balaban J connectivity index is 2.47. The molecule has 2 rings (SSSR count). The third-order valence-electron chi connectivity index (χ3n) is 2.03. The maximum Gasteiger partial charge on any atom is 0.360 e. The van der Waals surface area contributed by atoms with Crippen LogP contribution in [0.1, 0.15) is 5.56 Å². The van der Waals surface area contributed by atoms with Gasteiger partial charge in [-0.2, -0.15) is 0 Å². The molecule has 0 aliphatic rings. The smallest absolute Gasteiger partial charge is 0.360 e. The van der Waals surface area contributed by atoms with Crippen molar-refractivity contribution >= 4 is 19.7 Å². The largest absolute Gasteiger partial charge is 0.406 e. The van der Waals surface area contributed by atoms with Crippen LogP contribution in [0.15, 0.2) is 33.9 Å². The van der Waals surface area contributed by atoms with Crippen LogP contribution in [-0.2, 0) is 0 Å². The molecule has 0 spiro atoms. The lowest BCUT2D eigenvalue weighted by Gasteiger charge is -2.37. The predicted octanol–water partition coefficient (Wildman–Crippen LogP) is 4.97. The molecule has 100 valence electrons. The predicted molar refractivity (Wildman–Crippen MR) is 60.6 cm³/mol. The zero-order chi connectivity index (χ0) is 13.7. The number of aromatic nitrogens is 2. The summed E-state index contributed by atoms with van der Waals surface area (Å²) < 4.78 is 55.4. The fraction of sp³-hybridized carbons (Fsp3) is 0.111. The first-order chi connectivity index (χ1) is 7.95. The number of hydrogen-bond acceptors (Lipinski definition) is 3. The molecule has 0 aliphatic heterocycles. The Hall–Kier alpha value is -1.28. The highest BCUT2D eigenvalue weighted by Gasteiger charge is 2.68. The number of aryl methyl sites for hydroxylation is 1. The summed E-state index contributed by atoms with van der Waals surface area (Å²) in [5.41, 5.74) is 1.15. The van der Waals surface area contributed by atoms with E-state index in [-0.39, 0.29) is 5.56 Å². The number of nitrogens with zero attached hydrogens (tertiary/aromatic N) is 2. The normalized spacial score (nSPS) is 16.1. The zero-order valence-corrected chi connectivity index (χ0v) is 10.5. The summed E-state index contributed by atoms with van der Waals surface area (Å²) in [5.74, 6) is -0.443. The van der Waals surface area contributed by atoms with Crippen molar-refractivity contribution in [2.75, 3.05) is 0 Å². The summed E-state index contributed by atoms with van der Waals surface area (Å²) in [7, 11) is -4.88. The van der Waals surface area contributed by atoms with Crippen LogP contribution in [0.5, 0.6) is 0 Å². The second-order valence-electron chi connectivity index (χ2n) is 3.71. The molecule has 0 radical (unpaired) electrons. The Kier molecular flexibility index (Phi) is 2.33. The summed E-state index contributed by atoms with van der Waals surface area (Å²) in [6.45, 7) is 1.80. The monoisotopic (exact) mass is 302 g/mol. The van der Waals surface area contributed by atoms with Gasteiger partial charge in [0.1, 0.15) is 0 Å². The van der Waals surface area contributed by atoms with Crippen molar-refractivity contribution in [1.29, 1.82) is 0 Å². The van der Waals surface area contributed by atoms with E-state index in [9.17, 15) is 15.5 Å². The molecule has 1 heterocycles. The molecule has 1 aromatic heterocycles. The van der Waals surface area contributed by atoms with Gasteiger partial charge in [0.25, 0.3) is 9.05 Å². The van der Waals surface area contributed by atoms with Crippen molar-refractivity contribution in [3.8, 4) is 11.5 Å². The first kappa shape index (κ1) is 13.2. The number of rotatable bonds is 2. The van der Waals surface area contributed by atoms with Crippen LogP contribution in [0.25, 0.3) is 11.5 Å². The lowest BCUT2D eigenvalue weighted by molar-refractivity contribution is 0.370. The van der Waals surface area contributed by atoms with Crippen molar-refractivity contribution < 1.29 is 20.0 Å². The van der Waals surface area contributed by atoms with E-state index in [1.54, 1.807) is 19.1 Å². The summed E-state index contributed by atoms with van der Waals surface area (Å²) in [6.07, 6.45) is 0. The van der Waals surface area contributed by atoms with Crippen LogP contribution in [0.4, 0.5) is 15.5 Å². The molecule has 0 saturated carbocycles. The van der Waals surface area contributed by atoms with Crippen LogP contribution in [-0.4, -0.2) is 10.2 Å². The fourth-order valence-corrected chi connectivity index (χ4v) is 1.80. The van der Waals surface area contributed by atoms with Gasteiger partial charge >= 0.3 is 5.22 Å². The molecular weight excluding hydrogens is 296 g/mol. The van der Waals surface area contributed by atoms with Gasteiger partial charge in [-0.1, -0.05) is 22.8 Å². The highest BCUT2D eigenvalue weighted by atomic mass is 35.7. The summed E-state index contributed by atoms with van der Waals surface area (Å²) in [5, 5.41) is 3.63. The molecule has 1 aromatic carbocycles. The Morgan fingerprint density at radius 2 is 1.61 bits per heavy atom. The molecule has 3 nitrogen and oxygen atoms in total. The second-order valence-corrected chi connectivity index (χ2v) is 7.86. The third kappa shape index (κ3) is 2.75. The molecule has 9 heteroatoms. The van der Waals surface area contributed by atoms with E-state index in [2.05, 4.69) is 25.3 Å². The molecule has 0 saturated heterocycles. The summed E-state index contributed by atoms with van der Waals surface area (Å²) >= 11 is 0. The molecular formula is C9H7ClF4N2OS. The van der Waals surface area contributed by atoms with E-state index in [0.29, 0.717) is 0 Å². The fourth-order valence-electron chi connectivity index (χ4n) is 1.18. The first-order valence-corrected chi connectivity index (χ1v) is 7.48. The molecule has 18 heavy (non-hydrogen) atoms. The van der Waals surface area contributed by atoms with Crippen molar-refractivity contribution in [3.05, 3.63) is 29.8 Å². The molecule has 0 bridgehead atoms. The maximum absolute atomic E-state index is 12.8. The first-order valence-electron chi connectivity index (χ1n) is 4.60. The molecule has 0 fully saturated rings. The summed E-state index contributed by atoms with van der Waals surface area (Å²) in [6, 6.07) is 6.25. The highest BCUT2D eigenvalue weighted by Crippen LogP contribution is 3.04.